The zero-order chi connectivity index (χ0) is 24.1. The molecule has 0 unspecified atom stereocenters. The van der Waals surface area contributed by atoms with Crippen LogP contribution in [-0.4, -0.2) is 40.3 Å². The summed E-state index contributed by atoms with van der Waals surface area (Å²) >= 11 is 0. The first-order chi connectivity index (χ1) is 16.4. The van der Waals surface area contributed by atoms with E-state index in [0.29, 0.717) is 29.3 Å². The molecular weight excluding hydrogens is 458 g/mol. The highest BCUT2D eigenvalue weighted by atomic mass is 32.2. The van der Waals surface area contributed by atoms with Crippen molar-refractivity contribution in [1.29, 1.82) is 0 Å². The number of hydrogen-bond donors (Lipinski definition) is 1. The van der Waals surface area contributed by atoms with Gasteiger partial charge in [-0.1, -0.05) is 22.9 Å². The van der Waals surface area contributed by atoms with Crippen molar-refractivity contribution in [2.45, 2.75) is 18.4 Å². The highest BCUT2D eigenvalue weighted by Gasteiger charge is 2.38. The Hall–Kier alpha value is -3.60. The molecule has 34 heavy (non-hydrogen) atoms. The Labute approximate surface area is 198 Å². The normalized spacial score (nSPS) is 13.4. The minimum atomic E-state index is -3.92. The van der Waals surface area contributed by atoms with Crippen LogP contribution < -0.4 is 19.2 Å². The summed E-state index contributed by atoms with van der Waals surface area (Å²) in [5.74, 6) is 1.22. The lowest BCUT2D eigenvalue weighted by Crippen LogP contribution is -2.42. The standard InChI is InChI=1S/C24H25N3O6S/c1-18-3-10-23(11-4-18)34(29,30)27-24-12-9-22(31-2)15-19(24)16-26(27)33-14-13-32-21-7-5-20(6-8-21)25-17-28/h3-12,15,17H,13-14,16H2,1-2H3,(H,25,28). The summed E-state index contributed by atoms with van der Waals surface area (Å²) in [7, 11) is -2.36. The fourth-order valence-electron chi connectivity index (χ4n) is 3.51. The Kier molecular flexibility index (Phi) is 7.01. The van der Waals surface area contributed by atoms with E-state index in [1.165, 1.54) is 9.59 Å². The van der Waals surface area contributed by atoms with Crippen molar-refractivity contribution in [2.24, 2.45) is 0 Å². The summed E-state index contributed by atoms with van der Waals surface area (Å²) in [6.07, 6.45) is 0.601. The summed E-state index contributed by atoms with van der Waals surface area (Å²) in [4.78, 5) is 16.5. The first-order valence-electron chi connectivity index (χ1n) is 10.5. The molecule has 4 rings (SSSR count). The highest BCUT2D eigenvalue weighted by Crippen LogP contribution is 2.38. The Balaban J connectivity index is 1.49. The third-order valence-electron chi connectivity index (χ3n) is 5.22. The average molecular weight is 484 g/mol. The van der Waals surface area contributed by atoms with E-state index in [9.17, 15) is 13.2 Å². The van der Waals surface area contributed by atoms with Crippen LogP contribution >= 0.6 is 0 Å². The molecule has 0 aromatic heterocycles. The van der Waals surface area contributed by atoms with Gasteiger partial charge in [-0.2, -0.15) is 12.8 Å². The molecule has 178 valence electrons. The van der Waals surface area contributed by atoms with Gasteiger partial charge in [-0.15, -0.1) is 0 Å². The van der Waals surface area contributed by atoms with Gasteiger partial charge in [0, 0.05) is 11.3 Å². The molecule has 0 spiro atoms. The van der Waals surface area contributed by atoms with Gasteiger partial charge in [-0.3, -0.25) is 9.63 Å². The van der Waals surface area contributed by atoms with Crippen LogP contribution in [0, 0.1) is 6.92 Å². The minimum absolute atomic E-state index is 0.110. The summed E-state index contributed by atoms with van der Waals surface area (Å²) in [6, 6.07) is 18.8. The lowest BCUT2D eigenvalue weighted by atomic mass is 10.2. The largest absolute Gasteiger partial charge is 0.497 e. The molecule has 1 aliphatic rings. The van der Waals surface area contributed by atoms with E-state index < -0.39 is 10.0 Å². The maximum Gasteiger partial charge on any atom is 0.279 e. The van der Waals surface area contributed by atoms with Gasteiger partial charge < -0.3 is 14.8 Å². The molecule has 10 heteroatoms. The smallest absolute Gasteiger partial charge is 0.279 e. The molecule has 1 heterocycles. The van der Waals surface area contributed by atoms with Gasteiger partial charge in [0.15, 0.2) is 0 Å². The maximum absolute atomic E-state index is 13.5. The maximum atomic E-state index is 13.5. The average Bonchev–Trinajstić information content (AvgIpc) is 3.21. The van der Waals surface area contributed by atoms with Gasteiger partial charge in [0.25, 0.3) is 10.0 Å². The van der Waals surface area contributed by atoms with E-state index in [1.807, 2.05) is 6.92 Å². The first kappa shape index (κ1) is 23.6. The molecule has 0 aliphatic carbocycles. The molecular formula is C24H25N3O6S. The van der Waals surface area contributed by atoms with Crippen molar-refractivity contribution in [3.8, 4) is 11.5 Å². The van der Waals surface area contributed by atoms with Gasteiger partial charge in [-0.25, -0.2) is 0 Å². The summed E-state index contributed by atoms with van der Waals surface area (Å²) < 4.78 is 39.2. The summed E-state index contributed by atoms with van der Waals surface area (Å²) in [5.41, 5.74) is 2.88. The van der Waals surface area contributed by atoms with E-state index in [-0.39, 0.29) is 24.7 Å². The number of fused-ring (bicyclic) bond motifs is 1. The fraction of sp³-hybridized carbons (Fsp3) is 0.208. The van der Waals surface area contributed by atoms with Crippen molar-refractivity contribution in [2.75, 3.05) is 30.1 Å². The van der Waals surface area contributed by atoms with Crippen LogP contribution in [0.15, 0.2) is 71.6 Å². The second kappa shape index (κ2) is 10.1. The van der Waals surface area contributed by atoms with Crippen LogP contribution in [0.4, 0.5) is 11.4 Å². The Morgan fingerprint density at radius 1 is 0.971 bits per heavy atom. The van der Waals surface area contributed by atoms with Crippen LogP contribution in [0.2, 0.25) is 0 Å². The number of hydrazine groups is 1. The predicted molar refractivity (Wildman–Crippen MR) is 127 cm³/mol. The van der Waals surface area contributed by atoms with Crippen LogP contribution in [0.5, 0.6) is 11.5 Å². The van der Waals surface area contributed by atoms with E-state index in [2.05, 4.69) is 5.32 Å². The number of ether oxygens (including phenoxy) is 2. The van der Waals surface area contributed by atoms with Crippen LogP contribution in [0.25, 0.3) is 0 Å². The Morgan fingerprint density at radius 3 is 2.35 bits per heavy atom. The lowest BCUT2D eigenvalue weighted by molar-refractivity contribution is -0.161. The number of sulfonamides is 1. The Morgan fingerprint density at radius 2 is 1.68 bits per heavy atom. The van der Waals surface area contributed by atoms with E-state index in [4.69, 9.17) is 14.3 Å². The predicted octanol–water partition coefficient (Wildman–Crippen LogP) is 3.51. The molecule has 0 bridgehead atoms. The second-order valence-electron chi connectivity index (χ2n) is 7.53. The zero-order valence-electron chi connectivity index (χ0n) is 18.8. The molecule has 0 saturated carbocycles. The topological polar surface area (TPSA) is 97.4 Å². The third-order valence-corrected chi connectivity index (χ3v) is 6.92. The van der Waals surface area contributed by atoms with Crippen LogP contribution in [0.1, 0.15) is 11.1 Å². The third kappa shape index (κ3) is 4.98. The number of hydroxylamine groups is 1. The number of carbonyl (C=O) groups excluding carboxylic acids is 1. The van der Waals surface area contributed by atoms with Crippen molar-refractivity contribution < 1.29 is 27.5 Å². The van der Waals surface area contributed by atoms with Crippen molar-refractivity contribution >= 4 is 27.8 Å². The van der Waals surface area contributed by atoms with Crippen molar-refractivity contribution in [3.05, 3.63) is 77.9 Å². The first-order valence-corrected chi connectivity index (χ1v) is 12.0. The van der Waals surface area contributed by atoms with Gasteiger partial charge >= 0.3 is 0 Å². The number of carbonyl (C=O) groups is 1. The number of nitrogens with zero attached hydrogens (tertiary/aromatic N) is 2. The highest BCUT2D eigenvalue weighted by molar-refractivity contribution is 7.92. The van der Waals surface area contributed by atoms with Crippen molar-refractivity contribution in [3.63, 3.8) is 0 Å². The fourth-order valence-corrected chi connectivity index (χ4v) is 4.97. The number of rotatable bonds is 10. The number of benzene rings is 3. The van der Waals surface area contributed by atoms with E-state index in [1.54, 1.807) is 73.8 Å². The van der Waals surface area contributed by atoms with E-state index >= 15 is 0 Å². The second-order valence-corrected chi connectivity index (χ2v) is 9.30. The molecule has 3 aromatic carbocycles. The molecule has 9 nitrogen and oxygen atoms in total. The minimum Gasteiger partial charge on any atom is -0.497 e. The number of amides is 1. The molecule has 1 N–H and O–H groups in total. The molecule has 0 radical (unpaired) electrons. The Bertz CT molecular complexity index is 1250. The molecule has 3 aromatic rings. The zero-order valence-corrected chi connectivity index (χ0v) is 19.6. The molecule has 0 saturated heterocycles. The lowest BCUT2D eigenvalue weighted by Gasteiger charge is -2.28. The van der Waals surface area contributed by atoms with Gasteiger partial charge in [0.1, 0.15) is 24.7 Å². The molecule has 0 fully saturated rings. The number of aryl methyl sites for hydroxylation is 1. The SMILES string of the molecule is COc1ccc2c(c1)CN(OCCOc1ccc(NC=O)cc1)N2S(=O)(=O)c1ccc(C)cc1. The van der Waals surface area contributed by atoms with Crippen molar-refractivity contribution in [1.82, 2.24) is 5.17 Å². The quantitative estimate of drug-likeness (QED) is 0.348. The monoisotopic (exact) mass is 483 g/mol. The number of methoxy groups -OCH3 is 1. The number of hydrogen-bond acceptors (Lipinski definition) is 7. The van der Waals surface area contributed by atoms with E-state index in [0.717, 1.165) is 11.1 Å². The molecule has 0 atom stereocenters. The molecule has 1 amide bonds. The summed E-state index contributed by atoms with van der Waals surface area (Å²) in [5, 5.41) is 3.87. The number of nitrogens with one attached hydrogen (secondary N) is 1. The van der Waals surface area contributed by atoms with Gasteiger partial charge in [0.2, 0.25) is 6.41 Å². The van der Waals surface area contributed by atoms with Gasteiger partial charge in [0.05, 0.1) is 24.2 Å². The van der Waals surface area contributed by atoms with Crippen LogP contribution in [-0.2, 0) is 26.2 Å². The van der Waals surface area contributed by atoms with Gasteiger partial charge in [-0.05, 0) is 61.5 Å². The van der Waals surface area contributed by atoms with Crippen LogP contribution in [0.3, 0.4) is 0 Å². The molecule has 1 aliphatic heterocycles. The summed E-state index contributed by atoms with van der Waals surface area (Å²) in [6.45, 7) is 2.42. The number of anilines is 2.